The molecule has 1 unspecified atom stereocenters. The molecule has 0 amide bonds. The molecule has 6 nitrogen and oxygen atoms in total. The molecule has 2 fully saturated rings. The zero-order valence-corrected chi connectivity index (χ0v) is 13.4. The number of anilines is 1. The predicted octanol–water partition coefficient (Wildman–Crippen LogP) is 3.34. The highest BCUT2D eigenvalue weighted by Crippen LogP contribution is 2.40. The number of nitrogens with one attached hydrogen (secondary N) is 1. The zero-order chi connectivity index (χ0) is 15.7. The molecule has 0 radical (unpaired) electrons. The van der Waals surface area contributed by atoms with Gasteiger partial charge in [-0.3, -0.25) is 0 Å². The Balaban J connectivity index is 1.48. The molecule has 122 valence electrons. The van der Waals surface area contributed by atoms with Crippen LogP contribution in [0.25, 0.3) is 11.5 Å². The minimum Gasteiger partial charge on any atom is -0.375 e. The molecule has 3 heterocycles. The summed E-state index contributed by atoms with van der Waals surface area (Å²) < 4.78 is 11.3. The van der Waals surface area contributed by atoms with Crippen LogP contribution < -0.4 is 5.32 Å². The summed E-state index contributed by atoms with van der Waals surface area (Å²) in [5.41, 5.74) is 1.00. The molecule has 1 N–H and O–H groups in total. The maximum absolute atomic E-state index is 6.10. The zero-order valence-electron chi connectivity index (χ0n) is 13.4. The van der Waals surface area contributed by atoms with E-state index in [1.165, 1.54) is 25.7 Å². The van der Waals surface area contributed by atoms with Crippen molar-refractivity contribution in [1.82, 2.24) is 15.1 Å². The van der Waals surface area contributed by atoms with Crippen molar-refractivity contribution >= 4 is 5.82 Å². The SMILES string of the molecule is Cc1noc(-c2ccnc(NC3CCOC4(CCCC4)C3)c2)n1. The van der Waals surface area contributed by atoms with Crippen LogP contribution in [-0.2, 0) is 4.74 Å². The Bertz CT molecular complexity index is 679. The number of nitrogens with zero attached hydrogens (tertiary/aromatic N) is 3. The average molecular weight is 314 g/mol. The van der Waals surface area contributed by atoms with E-state index in [0.29, 0.717) is 17.8 Å². The van der Waals surface area contributed by atoms with Gasteiger partial charge in [0.05, 0.1) is 5.60 Å². The molecule has 1 spiro atoms. The number of aromatic nitrogens is 3. The smallest absolute Gasteiger partial charge is 0.258 e. The van der Waals surface area contributed by atoms with Gasteiger partial charge in [0.2, 0.25) is 0 Å². The van der Waals surface area contributed by atoms with Gasteiger partial charge in [-0.05, 0) is 44.7 Å². The lowest BCUT2D eigenvalue weighted by Crippen LogP contribution is -2.42. The first-order valence-electron chi connectivity index (χ1n) is 8.40. The first-order chi connectivity index (χ1) is 11.2. The van der Waals surface area contributed by atoms with Crippen molar-refractivity contribution in [3.8, 4) is 11.5 Å². The van der Waals surface area contributed by atoms with Crippen molar-refractivity contribution in [2.45, 2.75) is 57.1 Å². The van der Waals surface area contributed by atoms with E-state index in [1.54, 1.807) is 6.20 Å². The first-order valence-corrected chi connectivity index (χ1v) is 8.40. The van der Waals surface area contributed by atoms with Gasteiger partial charge in [0.1, 0.15) is 5.82 Å². The summed E-state index contributed by atoms with van der Waals surface area (Å²) >= 11 is 0. The molecule has 1 aliphatic carbocycles. The lowest BCUT2D eigenvalue weighted by atomic mass is 9.89. The highest BCUT2D eigenvalue weighted by atomic mass is 16.5. The van der Waals surface area contributed by atoms with Crippen LogP contribution in [0.15, 0.2) is 22.9 Å². The minimum absolute atomic E-state index is 0.108. The molecule has 4 rings (SSSR count). The first kappa shape index (κ1) is 14.6. The Labute approximate surface area is 135 Å². The average Bonchev–Trinajstić information content (AvgIpc) is 3.17. The van der Waals surface area contributed by atoms with Crippen LogP contribution in [0, 0.1) is 6.92 Å². The summed E-state index contributed by atoms with van der Waals surface area (Å²) in [6.45, 7) is 2.65. The van der Waals surface area contributed by atoms with E-state index in [1.807, 2.05) is 19.1 Å². The van der Waals surface area contributed by atoms with Crippen LogP contribution in [0.3, 0.4) is 0 Å². The van der Waals surface area contributed by atoms with Gasteiger partial charge in [-0.1, -0.05) is 18.0 Å². The van der Waals surface area contributed by atoms with Crippen molar-refractivity contribution in [3.05, 3.63) is 24.2 Å². The number of pyridine rings is 1. The van der Waals surface area contributed by atoms with Crippen LogP contribution in [0.2, 0.25) is 0 Å². The number of aryl methyl sites for hydroxylation is 1. The Morgan fingerprint density at radius 2 is 2.17 bits per heavy atom. The van der Waals surface area contributed by atoms with Crippen LogP contribution in [0.4, 0.5) is 5.82 Å². The fourth-order valence-corrected chi connectivity index (χ4v) is 3.78. The third-order valence-electron chi connectivity index (χ3n) is 4.89. The molecular formula is C17H22N4O2. The summed E-state index contributed by atoms with van der Waals surface area (Å²) in [6.07, 6.45) is 8.83. The monoisotopic (exact) mass is 314 g/mol. The fourth-order valence-electron chi connectivity index (χ4n) is 3.78. The molecule has 6 heteroatoms. The normalized spacial score (nSPS) is 23.3. The molecule has 1 saturated carbocycles. The molecule has 1 atom stereocenters. The Morgan fingerprint density at radius 3 is 2.96 bits per heavy atom. The van der Waals surface area contributed by atoms with Crippen LogP contribution in [0.1, 0.15) is 44.3 Å². The Kier molecular flexibility index (Phi) is 3.77. The van der Waals surface area contributed by atoms with Gasteiger partial charge in [0.25, 0.3) is 5.89 Å². The molecular weight excluding hydrogens is 292 g/mol. The summed E-state index contributed by atoms with van der Waals surface area (Å²) in [7, 11) is 0. The van der Waals surface area contributed by atoms with E-state index < -0.39 is 0 Å². The third-order valence-corrected chi connectivity index (χ3v) is 4.89. The van der Waals surface area contributed by atoms with E-state index >= 15 is 0 Å². The molecule has 2 aromatic rings. The number of rotatable bonds is 3. The third kappa shape index (κ3) is 3.08. The van der Waals surface area contributed by atoms with E-state index in [4.69, 9.17) is 9.26 Å². The molecule has 2 aromatic heterocycles. The van der Waals surface area contributed by atoms with Gasteiger partial charge in [-0.25, -0.2) is 4.98 Å². The summed E-state index contributed by atoms with van der Waals surface area (Å²) in [5, 5.41) is 7.41. The number of hydrogen-bond acceptors (Lipinski definition) is 6. The van der Waals surface area contributed by atoms with E-state index in [2.05, 4.69) is 20.4 Å². The lowest BCUT2D eigenvalue weighted by molar-refractivity contribution is -0.0767. The van der Waals surface area contributed by atoms with E-state index in [-0.39, 0.29) is 5.60 Å². The fraction of sp³-hybridized carbons (Fsp3) is 0.588. The highest BCUT2D eigenvalue weighted by molar-refractivity contribution is 5.58. The molecule has 0 bridgehead atoms. The van der Waals surface area contributed by atoms with E-state index in [0.717, 1.165) is 30.8 Å². The van der Waals surface area contributed by atoms with Crippen molar-refractivity contribution in [2.24, 2.45) is 0 Å². The second-order valence-corrected chi connectivity index (χ2v) is 6.65. The van der Waals surface area contributed by atoms with Gasteiger partial charge in [-0.15, -0.1) is 0 Å². The minimum atomic E-state index is 0.108. The van der Waals surface area contributed by atoms with Gasteiger partial charge in [-0.2, -0.15) is 4.98 Å². The van der Waals surface area contributed by atoms with Crippen LogP contribution in [-0.4, -0.2) is 33.4 Å². The van der Waals surface area contributed by atoms with E-state index in [9.17, 15) is 0 Å². The maximum Gasteiger partial charge on any atom is 0.258 e. The summed E-state index contributed by atoms with van der Waals surface area (Å²) in [5.74, 6) is 2.03. The van der Waals surface area contributed by atoms with Gasteiger partial charge in [0, 0.05) is 24.4 Å². The van der Waals surface area contributed by atoms with Crippen molar-refractivity contribution < 1.29 is 9.26 Å². The number of ether oxygens (including phenoxy) is 1. The topological polar surface area (TPSA) is 73.1 Å². The molecule has 23 heavy (non-hydrogen) atoms. The molecule has 1 saturated heterocycles. The van der Waals surface area contributed by atoms with Crippen molar-refractivity contribution in [1.29, 1.82) is 0 Å². The van der Waals surface area contributed by atoms with Crippen LogP contribution in [0.5, 0.6) is 0 Å². The van der Waals surface area contributed by atoms with Gasteiger partial charge < -0.3 is 14.6 Å². The number of hydrogen-bond donors (Lipinski definition) is 1. The largest absolute Gasteiger partial charge is 0.375 e. The Morgan fingerprint density at radius 1 is 1.30 bits per heavy atom. The van der Waals surface area contributed by atoms with Crippen molar-refractivity contribution in [2.75, 3.05) is 11.9 Å². The van der Waals surface area contributed by atoms with Gasteiger partial charge in [0.15, 0.2) is 5.82 Å². The predicted molar refractivity (Wildman–Crippen MR) is 86.1 cm³/mol. The quantitative estimate of drug-likeness (QED) is 0.936. The molecule has 2 aliphatic rings. The Hall–Kier alpha value is -1.95. The standard InChI is InChI=1S/C17H22N4O2/c1-12-19-16(23-21-12)13-4-8-18-15(10-13)20-14-5-9-22-17(11-14)6-2-3-7-17/h4,8,10,14H,2-3,5-7,9,11H2,1H3,(H,18,20). The molecule has 0 aromatic carbocycles. The second-order valence-electron chi connectivity index (χ2n) is 6.65. The lowest BCUT2D eigenvalue weighted by Gasteiger charge is -2.38. The van der Waals surface area contributed by atoms with Gasteiger partial charge >= 0.3 is 0 Å². The maximum atomic E-state index is 6.10. The van der Waals surface area contributed by atoms with Crippen LogP contribution >= 0.6 is 0 Å². The summed E-state index contributed by atoms with van der Waals surface area (Å²) in [6, 6.07) is 4.28. The summed E-state index contributed by atoms with van der Waals surface area (Å²) in [4.78, 5) is 8.71. The highest BCUT2D eigenvalue weighted by Gasteiger charge is 2.39. The van der Waals surface area contributed by atoms with Crippen molar-refractivity contribution in [3.63, 3.8) is 0 Å². The molecule has 1 aliphatic heterocycles. The second kappa shape index (κ2) is 5.92.